The van der Waals surface area contributed by atoms with Crippen LogP contribution in [-0.2, 0) is 9.47 Å². The summed E-state index contributed by atoms with van der Waals surface area (Å²) in [5.41, 5.74) is 0. The fraction of sp³-hybridized carbons (Fsp3) is 1.00. The van der Waals surface area contributed by atoms with Crippen LogP contribution in [0.25, 0.3) is 0 Å². The summed E-state index contributed by atoms with van der Waals surface area (Å²) in [6.45, 7) is 3.29. The van der Waals surface area contributed by atoms with E-state index in [-0.39, 0.29) is 19.1 Å². The average Bonchev–Trinajstić information content (AvgIpc) is 2.44. The first-order valence-electron chi connectivity index (χ1n) is 5.41. The van der Waals surface area contributed by atoms with Gasteiger partial charge in [-0.15, -0.1) is 0 Å². The molecule has 16 heavy (non-hydrogen) atoms. The van der Waals surface area contributed by atoms with Crippen molar-refractivity contribution in [3.8, 4) is 0 Å². The highest BCUT2D eigenvalue weighted by atomic mass is 19.3. The monoisotopic (exact) mass is 238 g/mol. The van der Waals surface area contributed by atoms with Gasteiger partial charge in [-0.05, 0) is 6.92 Å². The Bertz CT molecular complexity index is 217. The maximum Gasteiger partial charge on any atom is 0.370 e. The van der Waals surface area contributed by atoms with Gasteiger partial charge in [-0.1, -0.05) is 0 Å². The molecule has 0 aromatic rings. The molecule has 1 aliphatic rings. The molecule has 1 aliphatic heterocycles. The summed E-state index contributed by atoms with van der Waals surface area (Å²) < 4.78 is 37.5. The highest BCUT2D eigenvalue weighted by molar-refractivity contribution is 4.87. The Hall–Kier alpha value is -0.300. The second kappa shape index (κ2) is 5.86. The summed E-state index contributed by atoms with van der Waals surface area (Å²) in [5, 5.41) is 0. The van der Waals surface area contributed by atoms with E-state index in [2.05, 4.69) is 0 Å². The number of ether oxygens (including phenoxy) is 2. The molecule has 0 saturated carbocycles. The molecule has 0 spiro atoms. The molecule has 0 aromatic carbocycles. The summed E-state index contributed by atoms with van der Waals surface area (Å²) in [5.74, 6) is 0. The van der Waals surface area contributed by atoms with E-state index in [1.807, 2.05) is 0 Å². The summed E-state index contributed by atoms with van der Waals surface area (Å²) in [7, 11) is 3.03. The number of methoxy groups -OCH3 is 2. The van der Waals surface area contributed by atoms with Gasteiger partial charge in [-0.2, -0.15) is 8.78 Å². The van der Waals surface area contributed by atoms with Gasteiger partial charge in [0.2, 0.25) is 0 Å². The lowest BCUT2D eigenvalue weighted by atomic mass is 10.3. The quantitative estimate of drug-likeness (QED) is 0.640. The number of hydrogen-bond donors (Lipinski definition) is 0. The summed E-state index contributed by atoms with van der Waals surface area (Å²) >= 11 is 0. The molecule has 1 saturated heterocycles. The third kappa shape index (κ3) is 2.88. The van der Waals surface area contributed by atoms with Crippen LogP contribution in [-0.4, -0.2) is 69.1 Å². The molecule has 0 amide bonds. The molecule has 0 bridgehead atoms. The first kappa shape index (κ1) is 13.8. The minimum absolute atomic E-state index is 0.165. The topological polar surface area (TPSA) is 24.9 Å². The molecule has 0 radical (unpaired) electrons. The Morgan fingerprint density at radius 2 is 1.75 bits per heavy atom. The normalized spacial score (nSPS) is 26.4. The van der Waals surface area contributed by atoms with Crippen molar-refractivity contribution < 1.29 is 18.3 Å². The van der Waals surface area contributed by atoms with E-state index in [0.29, 0.717) is 19.8 Å². The smallest absolute Gasteiger partial charge is 0.370 e. The van der Waals surface area contributed by atoms with Gasteiger partial charge < -0.3 is 9.47 Å². The second-order valence-electron chi connectivity index (χ2n) is 3.98. The highest BCUT2D eigenvalue weighted by Gasteiger charge is 2.51. The fourth-order valence-corrected chi connectivity index (χ4v) is 1.95. The molecule has 4 nitrogen and oxygen atoms in total. The average molecular weight is 238 g/mol. The van der Waals surface area contributed by atoms with E-state index in [4.69, 9.17) is 9.47 Å². The zero-order chi connectivity index (χ0) is 12.2. The van der Waals surface area contributed by atoms with Crippen LogP contribution in [0.2, 0.25) is 0 Å². The van der Waals surface area contributed by atoms with Gasteiger partial charge in [-0.3, -0.25) is 0 Å². The molecule has 0 aromatic heterocycles. The maximum absolute atomic E-state index is 13.9. The second-order valence-corrected chi connectivity index (χ2v) is 3.98. The zero-order valence-electron chi connectivity index (χ0n) is 10.1. The number of rotatable bonds is 6. The Morgan fingerprint density at radius 3 is 2.31 bits per heavy atom. The van der Waals surface area contributed by atoms with Crippen molar-refractivity contribution in [2.24, 2.45) is 0 Å². The van der Waals surface area contributed by atoms with Crippen molar-refractivity contribution in [3.05, 3.63) is 0 Å². The maximum atomic E-state index is 13.9. The number of halogens is 2. The van der Waals surface area contributed by atoms with Gasteiger partial charge in [0.15, 0.2) is 0 Å². The molecule has 1 atom stereocenters. The van der Waals surface area contributed by atoms with Gasteiger partial charge >= 0.3 is 6.17 Å². The molecule has 1 fully saturated rings. The fourth-order valence-electron chi connectivity index (χ4n) is 1.95. The Balaban J connectivity index is 2.58. The van der Waals surface area contributed by atoms with Crippen LogP contribution in [0.15, 0.2) is 0 Å². The zero-order valence-corrected chi connectivity index (χ0v) is 10.1. The minimum Gasteiger partial charge on any atom is -0.383 e. The lowest BCUT2D eigenvalue weighted by Crippen LogP contribution is -2.49. The van der Waals surface area contributed by atoms with E-state index < -0.39 is 6.17 Å². The molecule has 96 valence electrons. The van der Waals surface area contributed by atoms with E-state index in [1.165, 1.54) is 19.1 Å². The largest absolute Gasteiger partial charge is 0.383 e. The number of alkyl halides is 2. The predicted molar refractivity (Wildman–Crippen MR) is 56.4 cm³/mol. The molecular formula is C10H20F2N2O2. The third-order valence-electron chi connectivity index (χ3n) is 2.84. The van der Waals surface area contributed by atoms with E-state index in [1.54, 1.807) is 6.92 Å². The van der Waals surface area contributed by atoms with Gasteiger partial charge in [-0.25, -0.2) is 9.80 Å². The van der Waals surface area contributed by atoms with Crippen LogP contribution in [0, 0.1) is 0 Å². The minimum atomic E-state index is -2.89. The molecule has 1 rings (SSSR count). The van der Waals surface area contributed by atoms with Crippen LogP contribution in [0.1, 0.15) is 6.92 Å². The molecule has 0 aliphatic carbocycles. The van der Waals surface area contributed by atoms with Crippen molar-refractivity contribution in [1.29, 1.82) is 0 Å². The van der Waals surface area contributed by atoms with E-state index in [0.717, 1.165) is 4.90 Å². The van der Waals surface area contributed by atoms with Crippen molar-refractivity contribution in [2.75, 3.05) is 47.1 Å². The Morgan fingerprint density at radius 1 is 1.19 bits per heavy atom. The molecule has 6 heteroatoms. The van der Waals surface area contributed by atoms with E-state index in [9.17, 15) is 8.78 Å². The molecular weight excluding hydrogens is 218 g/mol. The lowest BCUT2D eigenvalue weighted by Gasteiger charge is -2.30. The van der Waals surface area contributed by atoms with Crippen molar-refractivity contribution in [3.63, 3.8) is 0 Å². The summed E-state index contributed by atoms with van der Waals surface area (Å²) in [6.07, 6.45) is -2.89. The van der Waals surface area contributed by atoms with Gasteiger partial charge in [0, 0.05) is 39.9 Å². The predicted octanol–water partition coefficient (Wildman–Crippen LogP) is 0.836. The molecule has 1 unspecified atom stereocenters. The molecule has 0 N–H and O–H groups in total. The van der Waals surface area contributed by atoms with Gasteiger partial charge in [0.05, 0.1) is 13.2 Å². The highest BCUT2D eigenvalue weighted by Crippen LogP contribution is 2.33. The van der Waals surface area contributed by atoms with Crippen LogP contribution in [0.5, 0.6) is 0 Å². The van der Waals surface area contributed by atoms with Crippen LogP contribution in [0.3, 0.4) is 0 Å². The van der Waals surface area contributed by atoms with Gasteiger partial charge in [0.1, 0.15) is 0 Å². The first-order chi connectivity index (χ1) is 7.54. The van der Waals surface area contributed by atoms with Crippen LogP contribution in [0.4, 0.5) is 8.78 Å². The third-order valence-corrected chi connectivity index (χ3v) is 2.84. The Labute approximate surface area is 95.1 Å². The SMILES string of the molecule is COCCN1CC(C)N(CCOC)C1(F)F. The standard InChI is InChI=1S/C10H20F2N2O2/c1-9-8-13(4-6-15-2)10(11,12)14(9)5-7-16-3/h9H,4-8H2,1-3H3. The van der Waals surface area contributed by atoms with Crippen LogP contribution >= 0.6 is 0 Å². The van der Waals surface area contributed by atoms with Crippen molar-refractivity contribution in [2.45, 2.75) is 19.1 Å². The summed E-state index contributed by atoms with van der Waals surface area (Å²) in [4.78, 5) is 2.32. The van der Waals surface area contributed by atoms with Crippen molar-refractivity contribution >= 4 is 0 Å². The summed E-state index contributed by atoms with van der Waals surface area (Å²) in [6, 6.07) is -0.165. The lowest BCUT2D eigenvalue weighted by molar-refractivity contribution is -0.218. The Kier molecular flexibility index (Phi) is 5.04. The first-order valence-corrected chi connectivity index (χ1v) is 5.41. The molecule has 1 heterocycles. The van der Waals surface area contributed by atoms with Crippen molar-refractivity contribution in [1.82, 2.24) is 9.80 Å². The number of hydrogen-bond acceptors (Lipinski definition) is 4. The van der Waals surface area contributed by atoms with Gasteiger partial charge in [0.25, 0.3) is 0 Å². The number of nitrogens with zero attached hydrogens (tertiary/aromatic N) is 2. The van der Waals surface area contributed by atoms with E-state index >= 15 is 0 Å². The van der Waals surface area contributed by atoms with Crippen LogP contribution < -0.4 is 0 Å².